The number of nitrogens with zero attached hydrogens (tertiary/aromatic N) is 3. The highest BCUT2D eigenvalue weighted by molar-refractivity contribution is 5.93. The van der Waals surface area contributed by atoms with Crippen molar-refractivity contribution in [3.05, 3.63) is 77.1 Å². The number of hydrogen-bond acceptors (Lipinski definition) is 4. The minimum atomic E-state index is -0.515. The Bertz CT molecular complexity index is 890. The summed E-state index contributed by atoms with van der Waals surface area (Å²) in [4.78, 5) is 27.0. The quantitative estimate of drug-likeness (QED) is 0.551. The third-order valence-electron chi connectivity index (χ3n) is 3.70. The monoisotopic (exact) mass is 336 g/mol. The Morgan fingerprint density at radius 2 is 1.84 bits per heavy atom. The zero-order valence-electron chi connectivity index (χ0n) is 13.3. The van der Waals surface area contributed by atoms with Crippen molar-refractivity contribution < 1.29 is 9.72 Å². The van der Waals surface area contributed by atoms with Crippen molar-refractivity contribution in [2.45, 2.75) is 13.0 Å². The maximum atomic E-state index is 12.2. The molecule has 2 aromatic carbocycles. The van der Waals surface area contributed by atoms with Gasteiger partial charge in [0.05, 0.1) is 4.92 Å². The topological polar surface area (TPSA) is 90.1 Å². The fourth-order valence-electron chi connectivity index (χ4n) is 2.51. The molecule has 0 bridgehead atoms. The fraction of sp³-hybridized carbons (Fsp3) is 0.111. The van der Waals surface area contributed by atoms with Crippen molar-refractivity contribution in [1.29, 1.82) is 0 Å². The number of anilines is 1. The number of nitro benzene ring substituents is 1. The minimum Gasteiger partial charge on any atom is -0.330 e. The molecule has 1 N–H and O–H groups in total. The molecule has 0 radical (unpaired) electrons. The SMILES string of the molecule is O=C(CCn1ccnc1-c1ccccc1)Nc1ccccc1[N+](=O)[O-]. The molecule has 0 aliphatic rings. The number of nitrogens with one attached hydrogen (secondary N) is 1. The van der Waals surface area contributed by atoms with Gasteiger partial charge in [-0.25, -0.2) is 4.98 Å². The maximum absolute atomic E-state index is 12.2. The summed E-state index contributed by atoms with van der Waals surface area (Å²) < 4.78 is 1.88. The van der Waals surface area contributed by atoms with Crippen molar-refractivity contribution in [3.8, 4) is 11.4 Å². The van der Waals surface area contributed by atoms with E-state index in [-0.39, 0.29) is 23.7 Å². The molecule has 25 heavy (non-hydrogen) atoms. The summed E-state index contributed by atoms with van der Waals surface area (Å²) in [7, 11) is 0. The molecule has 3 aromatic rings. The van der Waals surface area contributed by atoms with Crippen molar-refractivity contribution in [3.63, 3.8) is 0 Å². The zero-order valence-corrected chi connectivity index (χ0v) is 13.3. The van der Waals surface area contributed by atoms with E-state index in [9.17, 15) is 14.9 Å². The predicted molar refractivity (Wildman–Crippen MR) is 94.0 cm³/mol. The van der Waals surface area contributed by atoms with Gasteiger partial charge < -0.3 is 9.88 Å². The van der Waals surface area contributed by atoms with E-state index in [1.807, 2.05) is 34.9 Å². The smallest absolute Gasteiger partial charge is 0.292 e. The second-order valence-electron chi connectivity index (χ2n) is 5.38. The van der Waals surface area contributed by atoms with E-state index >= 15 is 0 Å². The lowest BCUT2D eigenvalue weighted by Gasteiger charge is -2.09. The van der Waals surface area contributed by atoms with Gasteiger partial charge in [-0.2, -0.15) is 0 Å². The Morgan fingerprint density at radius 3 is 2.60 bits per heavy atom. The number of aromatic nitrogens is 2. The van der Waals surface area contributed by atoms with E-state index in [0.29, 0.717) is 6.54 Å². The van der Waals surface area contributed by atoms with Crippen LogP contribution in [-0.2, 0) is 11.3 Å². The van der Waals surface area contributed by atoms with Gasteiger partial charge in [-0.15, -0.1) is 0 Å². The van der Waals surface area contributed by atoms with Crippen LogP contribution in [0.4, 0.5) is 11.4 Å². The van der Waals surface area contributed by atoms with E-state index < -0.39 is 4.92 Å². The van der Waals surface area contributed by atoms with Gasteiger partial charge in [0.15, 0.2) is 0 Å². The lowest BCUT2D eigenvalue weighted by molar-refractivity contribution is -0.383. The second-order valence-corrected chi connectivity index (χ2v) is 5.38. The molecule has 0 saturated carbocycles. The van der Waals surface area contributed by atoms with Crippen molar-refractivity contribution in [1.82, 2.24) is 9.55 Å². The number of amides is 1. The summed E-state index contributed by atoms with van der Waals surface area (Å²) in [5.74, 6) is 0.487. The number of benzene rings is 2. The van der Waals surface area contributed by atoms with Crippen LogP contribution in [0.5, 0.6) is 0 Å². The van der Waals surface area contributed by atoms with Gasteiger partial charge in [0.25, 0.3) is 5.69 Å². The highest BCUT2D eigenvalue weighted by Gasteiger charge is 2.15. The van der Waals surface area contributed by atoms with Crippen LogP contribution in [0.3, 0.4) is 0 Å². The fourth-order valence-corrected chi connectivity index (χ4v) is 2.51. The Morgan fingerprint density at radius 1 is 1.12 bits per heavy atom. The van der Waals surface area contributed by atoms with Gasteiger partial charge in [-0.3, -0.25) is 14.9 Å². The molecule has 126 valence electrons. The van der Waals surface area contributed by atoms with Gasteiger partial charge in [0.2, 0.25) is 5.91 Å². The molecule has 0 aliphatic heterocycles. The van der Waals surface area contributed by atoms with Gasteiger partial charge in [-0.1, -0.05) is 42.5 Å². The first-order valence-corrected chi connectivity index (χ1v) is 7.75. The Labute approximate surface area is 144 Å². The number of aryl methyl sites for hydroxylation is 1. The van der Waals surface area contributed by atoms with Crippen LogP contribution in [-0.4, -0.2) is 20.4 Å². The third kappa shape index (κ3) is 3.89. The summed E-state index contributed by atoms with van der Waals surface area (Å²) in [5.41, 5.74) is 1.04. The number of imidazole rings is 1. The summed E-state index contributed by atoms with van der Waals surface area (Å²) in [6.45, 7) is 0.427. The number of carbonyl (C=O) groups excluding carboxylic acids is 1. The highest BCUT2D eigenvalue weighted by Crippen LogP contribution is 2.23. The van der Waals surface area contributed by atoms with E-state index in [0.717, 1.165) is 11.4 Å². The van der Waals surface area contributed by atoms with Crippen LogP contribution in [0.2, 0.25) is 0 Å². The first-order valence-electron chi connectivity index (χ1n) is 7.75. The molecule has 3 rings (SSSR count). The number of nitro groups is 1. The molecule has 0 saturated heterocycles. The average Bonchev–Trinajstić information content (AvgIpc) is 3.09. The van der Waals surface area contributed by atoms with E-state index in [4.69, 9.17) is 0 Å². The second kappa shape index (κ2) is 7.39. The van der Waals surface area contributed by atoms with Gasteiger partial charge in [0.1, 0.15) is 11.5 Å². The van der Waals surface area contributed by atoms with Crippen LogP contribution in [0.15, 0.2) is 67.0 Å². The predicted octanol–water partition coefficient (Wildman–Crippen LogP) is 3.49. The maximum Gasteiger partial charge on any atom is 0.292 e. The molecule has 0 unspecified atom stereocenters. The van der Waals surface area contributed by atoms with Crippen LogP contribution >= 0.6 is 0 Å². The lowest BCUT2D eigenvalue weighted by Crippen LogP contribution is -2.15. The number of hydrogen-bond donors (Lipinski definition) is 1. The largest absolute Gasteiger partial charge is 0.330 e. The molecule has 0 atom stereocenters. The number of carbonyl (C=O) groups is 1. The summed E-state index contributed by atoms with van der Waals surface area (Å²) >= 11 is 0. The minimum absolute atomic E-state index is 0.122. The molecule has 1 aromatic heterocycles. The molecule has 1 heterocycles. The van der Waals surface area contributed by atoms with Crippen molar-refractivity contribution >= 4 is 17.3 Å². The van der Waals surface area contributed by atoms with E-state index in [1.54, 1.807) is 24.5 Å². The lowest BCUT2D eigenvalue weighted by atomic mass is 10.2. The molecule has 0 aliphatic carbocycles. The highest BCUT2D eigenvalue weighted by atomic mass is 16.6. The van der Waals surface area contributed by atoms with Crippen LogP contribution in [0, 0.1) is 10.1 Å². The summed E-state index contributed by atoms with van der Waals surface area (Å²) in [6.07, 6.45) is 3.67. The Balaban J connectivity index is 1.67. The molecule has 1 amide bonds. The molecular weight excluding hydrogens is 320 g/mol. The Hall–Kier alpha value is -3.48. The summed E-state index contributed by atoms with van der Waals surface area (Å²) in [5, 5.41) is 13.6. The molecule has 7 nitrogen and oxygen atoms in total. The van der Waals surface area contributed by atoms with Gasteiger partial charge in [0, 0.05) is 37.0 Å². The standard InChI is InChI=1S/C18H16N4O3/c23-17(20-15-8-4-5-9-16(15)22(24)25)10-12-21-13-11-19-18(21)14-6-2-1-3-7-14/h1-9,11,13H,10,12H2,(H,20,23). The van der Waals surface area contributed by atoms with Crippen LogP contribution in [0.25, 0.3) is 11.4 Å². The third-order valence-corrected chi connectivity index (χ3v) is 3.70. The normalized spacial score (nSPS) is 10.4. The molecule has 0 spiro atoms. The number of rotatable bonds is 6. The first kappa shape index (κ1) is 16.4. The Kier molecular flexibility index (Phi) is 4.84. The first-order chi connectivity index (χ1) is 12.1. The molecule has 0 fully saturated rings. The van der Waals surface area contributed by atoms with E-state index in [2.05, 4.69) is 10.3 Å². The number of para-hydroxylation sites is 2. The van der Waals surface area contributed by atoms with Gasteiger partial charge >= 0.3 is 0 Å². The van der Waals surface area contributed by atoms with E-state index in [1.165, 1.54) is 12.1 Å². The van der Waals surface area contributed by atoms with Crippen molar-refractivity contribution in [2.75, 3.05) is 5.32 Å². The average molecular weight is 336 g/mol. The van der Waals surface area contributed by atoms with Crippen LogP contribution < -0.4 is 5.32 Å². The van der Waals surface area contributed by atoms with Gasteiger partial charge in [-0.05, 0) is 6.07 Å². The van der Waals surface area contributed by atoms with Crippen LogP contribution in [0.1, 0.15) is 6.42 Å². The zero-order chi connectivity index (χ0) is 17.6. The summed E-state index contributed by atoms with van der Waals surface area (Å²) in [6, 6.07) is 15.8. The molecule has 7 heteroatoms. The van der Waals surface area contributed by atoms with Crippen molar-refractivity contribution in [2.24, 2.45) is 0 Å². The molecular formula is C18H16N4O3.